The van der Waals surface area contributed by atoms with Gasteiger partial charge in [0, 0.05) is 6.42 Å². The Morgan fingerprint density at radius 1 is 0.667 bits per heavy atom. The summed E-state index contributed by atoms with van der Waals surface area (Å²) in [5.74, 6) is -0.0779. The number of carbonyl (C=O) groups excluding carboxylic acids is 1. The van der Waals surface area contributed by atoms with Crippen molar-refractivity contribution >= 4 is 5.97 Å². The van der Waals surface area contributed by atoms with E-state index in [1.165, 1.54) is 77.0 Å². The first kappa shape index (κ1) is 23.2. The molecule has 0 rings (SSSR count). The summed E-state index contributed by atoms with van der Waals surface area (Å²) < 4.78 is 5.08. The van der Waals surface area contributed by atoms with Gasteiger partial charge in [-0.25, -0.2) is 0 Å². The van der Waals surface area contributed by atoms with Crippen molar-refractivity contribution < 1.29 is 9.53 Å². The SMILES string of the molecule is CCCC/C=C/OC(=O)CCCCCCCCCCCCCCC. The van der Waals surface area contributed by atoms with E-state index in [0.717, 1.165) is 25.7 Å². The van der Waals surface area contributed by atoms with Crippen molar-refractivity contribution in [2.24, 2.45) is 0 Å². The fourth-order valence-corrected chi connectivity index (χ4v) is 2.86. The summed E-state index contributed by atoms with van der Waals surface area (Å²) in [5, 5.41) is 0. The molecule has 0 saturated heterocycles. The molecule has 142 valence electrons. The zero-order valence-corrected chi connectivity index (χ0v) is 16.5. The molecule has 0 radical (unpaired) electrons. The summed E-state index contributed by atoms with van der Waals surface area (Å²) in [6.07, 6.45) is 24.7. The number of hydrogen-bond donors (Lipinski definition) is 0. The largest absolute Gasteiger partial charge is 0.435 e. The number of rotatable bonds is 18. The Morgan fingerprint density at radius 3 is 1.62 bits per heavy atom. The van der Waals surface area contributed by atoms with Crippen molar-refractivity contribution in [3.8, 4) is 0 Å². The number of unbranched alkanes of at least 4 members (excludes halogenated alkanes) is 14. The van der Waals surface area contributed by atoms with Crippen LogP contribution < -0.4 is 0 Å². The van der Waals surface area contributed by atoms with Crippen LogP contribution in [0.15, 0.2) is 12.3 Å². The molecule has 0 saturated carbocycles. The van der Waals surface area contributed by atoms with Crippen LogP contribution in [0, 0.1) is 0 Å². The molecule has 0 aliphatic rings. The molecule has 0 fully saturated rings. The normalized spacial score (nSPS) is 11.2. The Labute approximate surface area is 151 Å². The molecule has 0 aromatic carbocycles. The average Bonchev–Trinajstić information content (AvgIpc) is 2.59. The fraction of sp³-hybridized carbons (Fsp3) is 0.864. The van der Waals surface area contributed by atoms with Gasteiger partial charge in [0.25, 0.3) is 0 Å². The van der Waals surface area contributed by atoms with E-state index in [4.69, 9.17) is 4.74 Å². The van der Waals surface area contributed by atoms with E-state index in [1.807, 2.05) is 6.08 Å². The molecule has 0 aliphatic heterocycles. The predicted molar refractivity (Wildman–Crippen MR) is 105 cm³/mol. The second kappa shape index (κ2) is 20.3. The molecule has 0 spiro atoms. The predicted octanol–water partition coefficient (Wildman–Crippen LogP) is 7.71. The standard InChI is InChI=1S/C22H42O2/c1-3-5-7-9-10-11-12-13-14-15-16-17-18-20-22(23)24-21-19-8-6-4-2/h19,21H,3-18,20H2,1-2H3/b21-19+. The topological polar surface area (TPSA) is 26.3 Å². The molecule has 0 bridgehead atoms. The number of esters is 1. The maximum atomic E-state index is 11.5. The molecule has 0 amide bonds. The van der Waals surface area contributed by atoms with Crippen LogP contribution in [0.3, 0.4) is 0 Å². The van der Waals surface area contributed by atoms with Gasteiger partial charge in [0.05, 0.1) is 6.26 Å². The lowest BCUT2D eigenvalue weighted by Gasteiger charge is -2.03. The van der Waals surface area contributed by atoms with Gasteiger partial charge in [-0.15, -0.1) is 0 Å². The Bertz CT molecular complexity index is 284. The van der Waals surface area contributed by atoms with Crippen molar-refractivity contribution in [2.45, 2.75) is 123 Å². The molecule has 0 aliphatic carbocycles. The van der Waals surface area contributed by atoms with Crippen molar-refractivity contribution in [1.29, 1.82) is 0 Å². The van der Waals surface area contributed by atoms with E-state index in [9.17, 15) is 4.79 Å². The fourth-order valence-electron chi connectivity index (χ4n) is 2.86. The lowest BCUT2D eigenvalue weighted by atomic mass is 10.0. The minimum absolute atomic E-state index is 0.0779. The van der Waals surface area contributed by atoms with Crippen LogP contribution in [0.25, 0.3) is 0 Å². The van der Waals surface area contributed by atoms with E-state index < -0.39 is 0 Å². The number of hydrogen-bond acceptors (Lipinski definition) is 2. The van der Waals surface area contributed by atoms with Gasteiger partial charge >= 0.3 is 5.97 Å². The van der Waals surface area contributed by atoms with Gasteiger partial charge in [0.2, 0.25) is 0 Å². The molecule has 0 heterocycles. The number of ether oxygens (including phenoxy) is 1. The second-order valence-electron chi connectivity index (χ2n) is 7.00. The van der Waals surface area contributed by atoms with Crippen molar-refractivity contribution in [3.05, 3.63) is 12.3 Å². The maximum absolute atomic E-state index is 11.5. The van der Waals surface area contributed by atoms with Gasteiger partial charge in [0.1, 0.15) is 0 Å². The highest BCUT2D eigenvalue weighted by molar-refractivity contribution is 5.69. The summed E-state index contributed by atoms with van der Waals surface area (Å²) >= 11 is 0. The number of allylic oxidation sites excluding steroid dienone is 1. The lowest BCUT2D eigenvalue weighted by Crippen LogP contribution is -1.98. The van der Waals surface area contributed by atoms with Crippen LogP contribution >= 0.6 is 0 Å². The molecule has 0 aromatic rings. The van der Waals surface area contributed by atoms with E-state index >= 15 is 0 Å². The molecule has 2 heteroatoms. The summed E-state index contributed by atoms with van der Waals surface area (Å²) in [6.45, 7) is 4.43. The Hall–Kier alpha value is -0.790. The van der Waals surface area contributed by atoms with Crippen LogP contribution in [0.5, 0.6) is 0 Å². The van der Waals surface area contributed by atoms with Gasteiger partial charge in [-0.05, 0) is 25.3 Å². The minimum atomic E-state index is -0.0779. The Kier molecular flexibility index (Phi) is 19.6. The van der Waals surface area contributed by atoms with Crippen LogP contribution in [-0.4, -0.2) is 5.97 Å². The average molecular weight is 339 g/mol. The van der Waals surface area contributed by atoms with Crippen LogP contribution in [0.1, 0.15) is 123 Å². The van der Waals surface area contributed by atoms with Crippen LogP contribution in [0.4, 0.5) is 0 Å². The third kappa shape index (κ3) is 19.3. The highest BCUT2D eigenvalue weighted by Crippen LogP contribution is 2.13. The molecular formula is C22H42O2. The third-order valence-electron chi connectivity index (χ3n) is 4.50. The zero-order valence-electron chi connectivity index (χ0n) is 16.5. The van der Waals surface area contributed by atoms with E-state index in [0.29, 0.717) is 6.42 Å². The number of carbonyl (C=O) groups is 1. The molecule has 2 nitrogen and oxygen atoms in total. The van der Waals surface area contributed by atoms with Crippen molar-refractivity contribution in [3.63, 3.8) is 0 Å². The summed E-state index contributed by atoms with van der Waals surface area (Å²) in [7, 11) is 0. The molecule has 24 heavy (non-hydrogen) atoms. The van der Waals surface area contributed by atoms with Gasteiger partial charge < -0.3 is 4.74 Å². The maximum Gasteiger partial charge on any atom is 0.310 e. The molecule has 0 unspecified atom stereocenters. The summed E-state index contributed by atoms with van der Waals surface area (Å²) in [6, 6.07) is 0. The van der Waals surface area contributed by atoms with E-state index in [-0.39, 0.29) is 5.97 Å². The second-order valence-corrected chi connectivity index (χ2v) is 7.00. The lowest BCUT2D eigenvalue weighted by molar-refractivity contribution is -0.138. The van der Waals surface area contributed by atoms with E-state index in [2.05, 4.69) is 13.8 Å². The van der Waals surface area contributed by atoms with Crippen LogP contribution in [-0.2, 0) is 9.53 Å². The summed E-state index contributed by atoms with van der Waals surface area (Å²) in [5.41, 5.74) is 0. The first-order valence-electron chi connectivity index (χ1n) is 10.7. The van der Waals surface area contributed by atoms with Gasteiger partial charge in [-0.2, -0.15) is 0 Å². The van der Waals surface area contributed by atoms with Crippen LogP contribution in [0.2, 0.25) is 0 Å². The molecule has 0 N–H and O–H groups in total. The quantitative estimate of drug-likeness (QED) is 0.145. The van der Waals surface area contributed by atoms with Gasteiger partial charge in [0.15, 0.2) is 0 Å². The molecular weight excluding hydrogens is 296 g/mol. The first-order valence-corrected chi connectivity index (χ1v) is 10.7. The highest BCUT2D eigenvalue weighted by Gasteiger charge is 2.00. The third-order valence-corrected chi connectivity index (χ3v) is 4.50. The first-order chi connectivity index (χ1) is 11.8. The zero-order chi connectivity index (χ0) is 17.7. The molecule has 0 aromatic heterocycles. The monoisotopic (exact) mass is 338 g/mol. The molecule has 0 atom stereocenters. The highest BCUT2D eigenvalue weighted by atomic mass is 16.5. The smallest absolute Gasteiger partial charge is 0.310 e. The van der Waals surface area contributed by atoms with Crippen molar-refractivity contribution in [1.82, 2.24) is 0 Å². The van der Waals surface area contributed by atoms with Gasteiger partial charge in [-0.3, -0.25) is 4.79 Å². The Morgan fingerprint density at radius 2 is 1.12 bits per heavy atom. The van der Waals surface area contributed by atoms with Crippen molar-refractivity contribution in [2.75, 3.05) is 0 Å². The van der Waals surface area contributed by atoms with E-state index in [1.54, 1.807) is 6.26 Å². The van der Waals surface area contributed by atoms with Gasteiger partial charge in [-0.1, -0.05) is 97.3 Å². The summed E-state index contributed by atoms with van der Waals surface area (Å²) in [4.78, 5) is 11.5. The minimum Gasteiger partial charge on any atom is -0.435 e. The Balaban J connectivity index is 3.16.